The zero-order chi connectivity index (χ0) is 19.2. The lowest BCUT2D eigenvalue weighted by Crippen LogP contribution is -2.12. The van der Waals surface area contributed by atoms with E-state index in [4.69, 9.17) is 15.8 Å². The summed E-state index contributed by atoms with van der Waals surface area (Å²) in [6, 6.07) is 19.5. The van der Waals surface area contributed by atoms with Gasteiger partial charge in [-0.1, -0.05) is 80.0 Å². The molecule has 4 rings (SSSR count). The van der Waals surface area contributed by atoms with Crippen LogP contribution in [0.4, 0.5) is 0 Å². The minimum absolute atomic E-state index is 0.0392. The molecular weight excluding hydrogens is 380 g/mol. The van der Waals surface area contributed by atoms with Gasteiger partial charge in [0, 0.05) is 5.39 Å². The van der Waals surface area contributed by atoms with Gasteiger partial charge in [0.25, 0.3) is 10.1 Å². The third kappa shape index (κ3) is 3.18. The van der Waals surface area contributed by atoms with Crippen molar-refractivity contribution in [2.45, 2.75) is 18.7 Å². The zero-order valence-corrected chi connectivity index (χ0v) is 16.6. The van der Waals surface area contributed by atoms with E-state index in [-0.39, 0.29) is 22.4 Å². The largest absolute Gasteiger partial charge is 0.299 e. The molecule has 27 heavy (non-hydrogen) atoms. The number of rotatable bonds is 4. The van der Waals surface area contributed by atoms with Crippen molar-refractivity contribution in [2.24, 2.45) is 5.92 Å². The molecule has 4 aromatic rings. The van der Waals surface area contributed by atoms with Crippen LogP contribution in [0, 0.1) is 5.92 Å². The van der Waals surface area contributed by atoms with Crippen molar-refractivity contribution in [3.05, 3.63) is 65.7 Å². The van der Waals surface area contributed by atoms with E-state index in [0.29, 0.717) is 5.39 Å². The Morgan fingerprint density at radius 1 is 0.815 bits per heavy atom. The van der Waals surface area contributed by atoms with Crippen molar-refractivity contribution in [1.82, 2.24) is 0 Å². The molecule has 0 amide bonds. The summed E-state index contributed by atoms with van der Waals surface area (Å²) in [4.78, 5) is 0.0392. The minimum Gasteiger partial charge on any atom is -0.266 e. The van der Waals surface area contributed by atoms with Gasteiger partial charge in [0.2, 0.25) is 0 Å². The van der Waals surface area contributed by atoms with Crippen LogP contribution in [0.25, 0.3) is 32.3 Å². The van der Waals surface area contributed by atoms with E-state index < -0.39 is 10.1 Å². The van der Waals surface area contributed by atoms with Gasteiger partial charge in [0.05, 0.1) is 11.6 Å². The van der Waals surface area contributed by atoms with Crippen LogP contribution in [-0.2, 0) is 14.3 Å². The van der Waals surface area contributed by atoms with E-state index in [2.05, 4.69) is 18.2 Å². The minimum atomic E-state index is -3.96. The highest BCUT2D eigenvalue weighted by atomic mass is 35.5. The molecule has 0 heterocycles. The number of hydrogen-bond donors (Lipinski definition) is 0. The molecule has 0 aliphatic rings. The summed E-state index contributed by atoms with van der Waals surface area (Å²) in [5.74, 6) is 0.0979. The molecule has 0 bridgehead atoms. The molecule has 0 unspecified atom stereocenters. The first-order valence-electron chi connectivity index (χ1n) is 8.80. The predicted molar refractivity (Wildman–Crippen MR) is 112 cm³/mol. The van der Waals surface area contributed by atoms with Gasteiger partial charge in [-0.2, -0.15) is 8.42 Å². The van der Waals surface area contributed by atoms with Crippen molar-refractivity contribution < 1.29 is 12.6 Å². The Labute approximate surface area is 163 Å². The van der Waals surface area contributed by atoms with Crippen LogP contribution >= 0.6 is 11.6 Å². The lowest BCUT2D eigenvalue weighted by Gasteiger charge is -2.14. The molecular formula is C22H19ClO3S. The quantitative estimate of drug-likeness (QED) is 0.305. The molecule has 0 N–H and O–H groups in total. The van der Waals surface area contributed by atoms with Crippen LogP contribution in [0.3, 0.4) is 0 Å². The van der Waals surface area contributed by atoms with Crippen molar-refractivity contribution in [3.8, 4) is 0 Å². The fraction of sp³-hybridized carbons (Fsp3) is 0.182. The van der Waals surface area contributed by atoms with Gasteiger partial charge in [-0.25, -0.2) is 0 Å². The van der Waals surface area contributed by atoms with Gasteiger partial charge in [0.15, 0.2) is 0 Å². The van der Waals surface area contributed by atoms with E-state index in [1.54, 1.807) is 6.07 Å². The summed E-state index contributed by atoms with van der Waals surface area (Å²) in [5.41, 5.74) is 0. The maximum atomic E-state index is 12.8. The predicted octanol–water partition coefficient (Wildman–Crippen LogP) is 6.16. The first-order valence-corrected chi connectivity index (χ1v) is 10.6. The van der Waals surface area contributed by atoms with Crippen LogP contribution in [0.5, 0.6) is 0 Å². The first kappa shape index (κ1) is 18.2. The summed E-state index contributed by atoms with van der Waals surface area (Å²) in [6.07, 6.45) is 0. The maximum Gasteiger partial charge on any atom is 0.299 e. The van der Waals surface area contributed by atoms with Crippen LogP contribution < -0.4 is 0 Å². The fourth-order valence-electron chi connectivity index (χ4n) is 3.39. The monoisotopic (exact) mass is 398 g/mol. The first-order chi connectivity index (χ1) is 12.9. The molecule has 5 heteroatoms. The van der Waals surface area contributed by atoms with Gasteiger partial charge >= 0.3 is 0 Å². The van der Waals surface area contributed by atoms with Crippen LogP contribution in [0.15, 0.2) is 65.6 Å². The van der Waals surface area contributed by atoms with E-state index >= 15 is 0 Å². The van der Waals surface area contributed by atoms with E-state index in [1.807, 2.05) is 50.2 Å². The third-order valence-corrected chi connectivity index (χ3v) is 6.45. The molecule has 0 aromatic heterocycles. The van der Waals surface area contributed by atoms with Crippen molar-refractivity contribution in [2.75, 3.05) is 6.61 Å². The average Bonchev–Trinajstić information content (AvgIpc) is 2.65. The Morgan fingerprint density at radius 3 is 2.19 bits per heavy atom. The summed E-state index contributed by atoms with van der Waals surface area (Å²) in [5, 5.41) is 5.94. The molecule has 0 fully saturated rings. The molecule has 138 valence electrons. The van der Waals surface area contributed by atoms with Crippen molar-refractivity contribution in [3.63, 3.8) is 0 Å². The Hall–Kier alpha value is -2.14. The number of hydrogen-bond acceptors (Lipinski definition) is 3. The SMILES string of the molecule is CC(C)COS(=O)(=O)c1c(Cl)ccc2c1ccc1c3ccccc3ccc21. The molecule has 0 atom stereocenters. The van der Waals surface area contributed by atoms with E-state index in [9.17, 15) is 8.42 Å². The molecule has 0 aliphatic heterocycles. The maximum absolute atomic E-state index is 12.8. The molecule has 0 spiro atoms. The zero-order valence-electron chi connectivity index (χ0n) is 15.1. The number of benzene rings is 4. The summed E-state index contributed by atoms with van der Waals surface area (Å²) in [7, 11) is -3.96. The number of fused-ring (bicyclic) bond motifs is 5. The topological polar surface area (TPSA) is 43.4 Å². The Kier molecular flexibility index (Phi) is 4.58. The molecule has 4 aromatic carbocycles. The highest BCUT2D eigenvalue weighted by molar-refractivity contribution is 7.87. The standard InChI is InChI=1S/C22H19ClO3S/c1-14(2)13-26-27(24,25)22-20-10-9-17-16-6-4-3-5-15(16)7-8-18(17)19(20)11-12-21(22)23/h3-12,14H,13H2,1-2H3. The molecule has 3 nitrogen and oxygen atoms in total. The Morgan fingerprint density at radius 2 is 1.41 bits per heavy atom. The summed E-state index contributed by atoms with van der Waals surface area (Å²) < 4.78 is 30.9. The van der Waals surface area contributed by atoms with Crippen molar-refractivity contribution in [1.29, 1.82) is 0 Å². The molecule has 0 aliphatic carbocycles. The van der Waals surface area contributed by atoms with Crippen molar-refractivity contribution >= 4 is 54.0 Å². The Bertz CT molecular complexity index is 1280. The summed E-state index contributed by atoms with van der Waals surface area (Å²) >= 11 is 6.29. The van der Waals surface area contributed by atoms with Crippen LogP contribution in [0.1, 0.15) is 13.8 Å². The lowest BCUT2D eigenvalue weighted by atomic mass is 9.97. The van der Waals surface area contributed by atoms with E-state index in [0.717, 1.165) is 26.9 Å². The van der Waals surface area contributed by atoms with Gasteiger partial charge in [-0.3, -0.25) is 4.18 Å². The highest BCUT2D eigenvalue weighted by Crippen LogP contribution is 2.37. The molecule has 0 radical (unpaired) electrons. The van der Waals surface area contributed by atoms with Crippen LogP contribution in [0.2, 0.25) is 5.02 Å². The third-order valence-electron chi connectivity index (χ3n) is 4.63. The lowest BCUT2D eigenvalue weighted by molar-refractivity contribution is 0.275. The highest BCUT2D eigenvalue weighted by Gasteiger charge is 2.23. The van der Waals surface area contributed by atoms with Gasteiger partial charge in [-0.05, 0) is 38.9 Å². The fourth-order valence-corrected chi connectivity index (χ4v) is 5.16. The molecule has 0 saturated heterocycles. The second-order valence-electron chi connectivity index (χ2n) is 7.05. The summed E-state index contributed by atoms with van der Waals surface area (Å²) in [6.45, 7) is 3.92. The van der Waals surface area contributed by atoms with Gasteiger partial charge < -0.3 is 0 Å². The smallest absolute Gasteiger partial charge is 0.266 e. The van der Waals surface area contributed by atoms with Gasteiger partial charge in [0.1, 0.15) is 4.90 Å². The van der Waals surface area contributed by atoms with Gasteiger partial charge in [-0.15, -0.1) is 0 Å². The van der Waals surface area contributed by atoms with E-state index in [1.165, 1.54) is 0 Å². The second kappa shape index (κ2) is 6.79. The second-order valence-corrected chi connectivity index (χ2v) is 9.01. The average molecular weight is 399 g/mol. The number of halogens is 1. The normalized spacial score (nSPS) is 12.4. The Balaban J connectivity index is 2.03. The van der Waals surface area contributed by atoms with Crippen LogP contribution in [-0.4, -0.2) is 15.0 Å². The molecule has 0 saturated carbocycles.